The number of rotatable bonds is 3. The van der Waals surface area contributed by atoms with Crippen LogP contribution in [-0.4, -0.2) is 18.1 Å². The van der Waals surface area contributed by atoms with Crippen molar-refractivity contribution in [1.82, 2.24) is 4.98 Å². The molecule has 2 heteroatoms. The maximum absolute atomic E-state index is 4.85. The third-order valence-corrected chi connectivity index (χ3v) is 3.63. The molecule has 19 heavy (non-hydrogen) atoms. The maximum Gasteiger partial charge on any atom is 0.0943 e. The summed E-state index contributed by atoms with van der Waals surface area (Å²) in [6.07, 6.45) is 0. The van der Waals surface area contributed by atoms with Crippen LogP contribution in [0.3, 0.4) is 0 Å². The molecule has 0 saturated carbocycles. The minimum Gasteiger partial charge on any atom is -0.370 e. The number of anilines is 1. The SMILES string of the molecule is CCN(CC)c1cccc2cc3ccccc3nc12. The Kier molecular flexibility index (Phi) is 3.08. The van der Waals surface area contributed by atoms with Crippen molar-refractivity contribution in [2.45, 2.75) is 13.8 Å². The summed E-state index contributed by atoms with van der Waals surface area (Å²) < 4.78 is 0. The van der Waals surface area contributed by atoms with Gasteiger partial charge in [0.1, 0.15) is 0 Å². The predicted octanol–water partition coefficient (Wildman–Crippen LogP) is 4.23. The van der Waals surface area contributed by atoms with Crippen LogP contribution in [0, 0.1) is 0 Å². The molecular weight excluding hydrogens is 232 g/mol. The molecule has 96 valence electrons. The number of fused-ring (bicyclic) bond motifs is 2. The standard InChI is InChI=1S/C17H18N2/c1-3-19(4-2)16-11-7-9-14-12-13-8-5-6-10-15(13)18-17(14)16/h5-12H,3-4H2,1-2H3. The Labute approximate surface area is 113 Å². The molecule has 0 N–H and O–H groups in total. The van der Waals surface area contributed by atoms with Crippen molar-refractivity contribution in [2.75, 3.05) is 18.0 Å². The normalized spacial score (nSPS) is 11.1. The number of nitrogens with zero attached hydrogens (tertiary/aromatic N) is 2. The number of benzene rings is 2. The fourth-order valence-corrected chi connectivity index (χ4v) is 2.61. The van der Waals surface area contributed by atoms with Crippen molar-refractivity contribution >= 4 is 27.5 Å². The van der Waals surface area contributed by atoms with E-state index >= 15 is 0 Å². The van der Waals surface area contributed by atoms with Crippen molar-refractivity contribution in [1.29, 1.82) is 0 Å². The van der Waals surface area contributed by atoms with E-state index in [1.165, 1.54) is 16.5 Å². The van der Waals surface area contributed by atoms with E-state index < -0.39 is 0 Å². The Morgan fingerprint density at radius 3 is 2.42 bits per heavy atom. The summed E-state index contributed by atoms with van der Waals surface area (Å²) >= 11 is 0. The number of hydrogen-bond donors (Lipinski definition) is 0. The minimum atomic E-state index is 1.00. The highest BCUT2D eigenvalue weighted by Crippen LogP contribution is 2.27. The summed E-state index contributed by atoms with van der Waals surface area (Å²) in [6.45, 7) is 6.38. The monoisotopic (exact) mass is 250 g/mol. The van der Waals surface area contributed by atoms with Crippen molar-refractivity contribution in [3.63, 3.8) is 0 Å². The van der Waals surface area contributed by atoms with E-state index in [0.717, 1.165) is 24.1 Å². The lowest BCUT2D eigenvalue weighted by Gasteiger charge is -2.22. The highest BCUT2D eigenvalue weighted by molar-refractivity contribution is 5.98. The van der Waals surface area contributed by atoms with Crippen LogP contribution >= 0.6 is 0 Å². The van der Waals surface area contributed by atoms with Gasteiger partial charge in [-0.05, 0) is 32.0 Å². The van der Waals surface area contributed by atoms with E-state index in [-0.39, 0.29) is 0 Å². The molecule has 0 unspecified atom stereocenters. The van der Waals surface area contributed by atoms with Gasteiger partial charge in [-0.1, -0.05) is 30.3 Å². The minimum absolute atomic E-state index is 1.00. The summed E-state index contributed by atoms with van der Waals surface area (Å²) in [5.74, 6) is 0. The second-order valence-electron chi connectivity index (χ2n) is 4.70. The van der Waals surface area contributed by atoms with Gasteiger partial charge >= 0.3 is 0 Å². The molecule has 0 spiro atoms. The fraction of sp³-hybridized carbons (Fsp3) is 0.235. The van der Waals surface area contributed by atoms with Crippen molar-refractivity contribution in [3.05, 3.63) is 48.5 Å². The van der Waals surface area contributed by atoms with E-state index in [9.17, 15) is 0 Å². The average molecular weight is 250 g/mol. The third-order valence-electron chi connectivity index (χ3n) is 3.63. The van der Waals surface area contributed by atoms with Crippen LogP contribution < -0.4 is 4.90 Å². The van der Waals surface area contributed by atoms with Crippen LogP contribution in [0.1, 0.15) is 13.8 Å². The van der Waals surface area contributed by atoms with Gasteiger partial charge in [0.15, 0.2) is 0 Å². The smallest absolute Gasteiger partial charge is 0.0943 e. The first-order chi connectivity index (χ1) is 9.33. The first-order valence-corrected chi connectivity index (χ1v) is 6.87. The van der Waals surface area contributed by atoms with Crippen LogP contribution in [-0.2, 0) is 0 Å². The molecule has 0 radical (unpaired) electrons. The van der Waals surface area contributed by atoms with E-state index in [2.05, 4.69) is 61.2 Å². The molecule has 2 nitrogen and oxygen atoms in total. The third kappa shape index (κ3) is 2.03. The molecule has 0 bridgehead atoms. The van der Waals surface area contributed by atoms with Gasteiger partial charge < -0.3 is 4.90 Å². The van der Waals surface area contributed by atoms with Crippen molar-refractivity contribution < 1.29 is 0 Å². The molecule has 0 aliphatic carbocycles. The highest BCUT2D eigenvalue weighted by atomic mass is 15.1. The Morgan fingerprint density at radius 2 is 1.63 bits per heavy atom. The zero-order chi connectivity index (χ0) is 13.2. The zero-order valence-electron chi connectivity index (χ0n) is 11.4. The zero-order valence-corrected chi connectivity index (χ0v) is 11.4. The Balaban J connectivity index is 2.31. The van der Waals surface area contributed by atoms with Crippen molar-refractivity contribution in [3.8, 4) is 0 Å². The maximum atomic E-state index is 4.85. The topological polar surface area (TPSA) is 16.1 Å². The van der Waals surface area contributed by atoms with Gasteiger partial charge in [0, 0.05) is 23.9 Å². The van der Waals surface area contributed by atoms with Gasteiger partial charge in [0.05, 0.1) is 16.7 Å². The van der Waals surface area contributed by atoms with Crippen LogP contribution in [0.5, 0.6) is 0 Å². The van der Waals surface area contributed by atoms with Gasteiger partial charge in [-0.3, -0.25) is 0 Å². The number of hydrogen-bond acceptors (Lipinski definition) is 2. The molecule has 1 heterocycles. The lowest BCUT2D eigenvalue weighted by Crippen LogP contribution is -2.22. The lowest BCUT2D eigenvalue weighted by molar-refractivity contribution is 0.869. The van der Waals surface area contributed by atoms with E-state index in [1.54, 1.807) is 0 Å². The fourth-order valence-electron chi connectivity index (χ4n) is 2.61. The Hall–Kier alpha value is -2.09. The highest BCUT2D eigenvalue weighted by Gasteiger charge is 2.08. The number of pyridine rings is 1. The molecule has 0 saturated heterocycles. The summed E-state index contributed by atoms with van der Waals surface area (Å²) in [5.41, 5.74) is 3.40. The molecule has 3 rings (SSSR count). The number of aromatic nitrogens is 1. The first-order valence-electron chi connectivity index (χ1n) is 6.87. The average Bonchev–Trinajstić information content (AvgIpc) is 2.46. The molecular formula is C17H18N2. The van der Waals surface area contributed by atoms with Crippen LogP contribution in [0.4, 0.5) is 5.69 Å². The van der Waals surface area contributed by atoms with Crippen LogP contribution in [0.25, 0.3) is 21.8 Å². The quantitative estimate of drug-likeness (QED) is 0.646. The lowest BCUT2D eigenvalue weighted by atomic mass is 10.1. The van der Waals surface area contributed by atoms with E-state index in [4.69, 9.17) is 4.98 Å². The van der Waals surface area contributed by atoms with Gasteiger partial charge in [0.25, 0.3) is 0 Å². The number of para-hydroxylation sites is 2. The van der Waals surface area contributed by atoms with E-state index in [1.807, 2.05) is 6.07 Å². The van der Waals surface area contributed by atoms with Gasteiger partial charge in [0.2, 0.25) is 0 Å². The summed E-state index contributed by atoms with van der Waals surface area (Å²) in [4.78, 5) is 7.20. The predicted molar refractivity (Wildman–Crippen MR) is 82.8 cm³/mol. The van der Waals surface area contributed by atoms with Crippen LogP contribution in [0.15, 0.2) is 48.5 Å². The van der Waals surface area contributed by atoms with Crippen LogP contribution in [0.2, 0.25) is 0 Å². The summed E-state index contributed by atoms with van der Waals surface area (Å²) in [7, 11) is 0. The molecule has 0 amide bonds. The molecule has 0 aliphatic rings. The largest absolute Gasteiger partial charge is 0.370 e. The Bertz CT molecular complexity index is 715. The van der Waals surface area contributed by atoms with Gasteiger partial charge in [-0.2, -0.15) is 0 Å². The molecule has 0 fully saturated rings. The summed E-state index contributed by atoms with van der Waals surface area (Å²) in [5, 5.41) is 2.41. The van der Waals surface area contributed by atoms with E-state index in [0.29, 0.717) is 0 Å². The first kappa shape index (κ1) is 12.0. The molecule has 0 aliphatic heterocycles. The van der Waals surface area contributed by atoms with Gasteiger partial charge in [-0.15, -0.1) is 0 Å². The Morgan fingerprint density at radius 1 is 0.895 bits per heavy atom. The second-order valence-corrected chi connectivity index (χ2v) is 4.70. The summed E-state index contributed by atoms with van der Waals surface area (Å²) in [6, 6.07) is 16.9. The van der Waals surface area contributed by atoms with Gasteiger partial charge in [-0.25, -0.2) is 4.98 Å². The molecule has 2 aromatic carbocycles. The molecule has 0 atom stereocenters. The molecule has 1 aromatic heterocycles. The second kappa shape index (κ2) is 4.88. The molecule has 3 aromatic rings. The van der Waals surface area contributed by atoms with Crippen molar-refractivity contribution in [2.24, 2.45) is 0 Å².